The first-order valence-electron chi connectivity index (χ1n) is 4.73. The topological polar surface area (TPSA) is 56.2 Å². The van der Waals surface area contributed by atoms with Gasteiger partial charge in [-0.2, -0.15) is 0 Å². The number of aryl methyl sites for hydroxylation is 1. The zero-order valence-electron chi connectivity index (χ0n) is 8.66. The molecule has 1 aromatic carbocycles. The minimum atomic E-state index is -0.637. The maximum atomic E-state index is 13.1. The summed E-state index contributed by atoms with van der Waals surface area (Å²) in [6.07, 6.45) is 1.38. The highest BCUT2D eigenvalue weighted by molar-refractivity contribution is 5.97. The molecule has 0 bridgehead atoms. The fraction of sp³-hybridized carbons (Fsp3) is 0.0833. The second-order valence-electron chi connectivity index (χ2n) is 3.49. The summed E-state index contributed by atoms with van der Waals surface area (Å²) in [4.78, 5) is 11.1. The van der Waals surface area contributed by atoms with Crippen LogP contribution in [0.25, 0.3) is 11.1 Å². The summed E-state index contributed by atoms with van der Waals surface area (Å²) in [7, 11) is 0. The van der Waals surface area contributed by atoms with Crippen molar-refractivity contribution in [2.75, 3.05) is 0 Å². The van der Waals surface area contributed by atoms with Gasteiger partial charge in [0, 0.05) is 5.56 Å². The van der Waals surface area contributed by atoms with E-state index in [0.717, 1.165) is 0 Å². The minimum absolute atomic E-state index is 0.0889. The van der Waals surface area contributed by atoms with Crippen LogP contribution in [0.15, 0.2) is 34.9 Å². The summed E-state index contributed by atoms with van der Waals surface area (Å²) in [6.45, 7) is 1.66. The van der Waals surface area contributed by atoms with Gasteiger partial charge in [-0.3, -0.25) is 4.79 Å². The molecule has 3 nitrogen and oxygen atoms in total. The highest BCUT2D eigenvalue weighted by atomic mass is 19.1. The minimum Gasteiger partial charge on any atom is -0.459 e. The van der Waals surface area contributed by atoms with Crippen molar-refractivity contribution >= 4 is 5.91 Å². The van der Waals surface area contributed by atoms with Crippen LogP contribution in [0.3, 0.4) is 0 Å². The summed E-state index contributed by atoms with van der Waals surface area (Å²) < 4.78 is 18.1. The first-order valence-corrected chi connectivity index (χ1v) is 4.73. The van der Waals surface area contributed by atoms with Gasteiger partial charge in [-0.1, -0.05) is 6.07 Å². The van der Waals surface area contributed by atoms with Crippen LogP contribution in [-0.4, -0.2) is 5.91 Å². The van der Waals surface area contributed by atoms with Crippen LogP contribution in [0, 0.1) is 12.7 Å². The van der Waals surface area contributed by atoms with E-state index in [9.17, 15) is 9.18 Å². The number of hydrogen-bond donors (Lipinski definition) is 1. The smallest absolute Gasteiger partial charge is 0.285 e. The van der Waals surface area contributed by atoms with Gasteiger partial charge in [-0.25, -0.2) is 4.39 Å². The third kappa shape index (κ3) is 1.69. The van der Waals surface area contributed by atoms with E-state index in [1.165, 1.54) is 12.3 Å². The highest BCUT2D eigenvalue weighted by Gasteiger charge is 2.14. The lowest BCUT2D eigenvalue weighted by Crippen LogP contribution is -2.10. The number of carbonyl (C=O) groups excluding carboxylic acids is 1. The second kappa shape index (κ2) is 3.81. The lowest BCUT2D eigenvalue weighted by molar-refractivity contribution is 0.0975. The molecule has 0 aliphatic heterocycles. The zero-order chi connectivity index (χ0) is 11.7. The Kier molecular flexibility index (Phi) is 2.48. The predicted octanol–water partition coefficient (Wildman–Crippen LogP) is 2.49. The molecule has 1 heterocycles. The van der Waals surface area contributed by atoms with E-state index in [0.29, 0.717) is 16.7 Å². The summed E-state index contributed by atoms with van der Waals surface area (Å²) in [5.74, 6) is -0.833. The van der Waals surface area contributed by atoms with Crippen LogP contribution in [-0.2, 0) is 0 Å². The first kappa shape index (κ1) is 10.4. The van der Waals surface area contributed by atoms with Crippen molar-refractivity contribution in [2.45, 2.75) is 6.92 Å². The Balaban J connectivity index is 2.54. The molecule has 2 rings (SSSR count). The third-order valence-electron chi connectivity index (χ3n) is 2.36. The number of nitrogens with two attached hydrogens (primary N) is 1. The van der Waals surface area contributed by atoms with Crippen LogP contribution in [0.4, 0.5) is 4.39 Å². The molecule has 0 atom stereocenters. The molecule has 82 valence electrons. The van der Waals surface area contributed by atoms with E-state index in [1.54, 1.807) is 25.1 Å². The van der Waals surface area contributed by atoms with Crippen LogP contribution in [0.2, 0.25) is 0 Å². The third-order valence-corrected chi connectivity index (χ3v) is 2.36. The van der Waals surface area contributed by atoms with Crippen LogP contribution in [0.5, 0.6) is 0 Å². The fourth-order valence-corrected chi connectivity index (χ4v) is 1.54. The van der Waals surface area contributed by atoms with E-state index in [2.05, 4.69) is 0 Å². The molecule has 0 aliphatic rings. The number of furan rings is 1. The maximum absolute atomic E-state index is 13.1. The van der Waals surface area contributed by atoms with Crippen molar-refractivity contribution in [1.82, 2.24) is 0 Å². The van der Waals surface area contributed by atoms with Crippen molar-refractivity contribution in [2.24, 2.45) is 5.73 Å². The van der Waals surface area contributed by atoms with Gasteiger partial charge < -0.3 is 10.2 Å². The average molecular weight is 219 g/mol. The molecule has 0 saturated heterocycles. The largest absolute Gasteiger partial charge is 0.459 e. The number of carbonyl (C=O) groups is 1. The van der Waals surface area contributed by atoms with Crippen molar-refractivity contribution in [3.63, 3.8) is 0 Å². The molecule has 0 unspecified atom stereocenters. The van der Waals surface area contributed by atoms with Crippen molar-refractivity contribution < 1.29 is 13.6 Å². The lowest BCUT2D eigenvalue weighted by atomic mass is 10.0. The van der Waals surface area contributed by atoms with Gasteiger partial charge in [0.1, 0.15) is 5.82 Å². The molecular formula is C12H10FNO2. The Bertz CT molecular complexity index is 546. The number of rotatable bonds is 2. The van der Waals surface area contributed by atoms with Crippen molar-refractivity contribution in [3.05, 3.63) is 47.7 Å². The average Bonchev–Trinajstić information content (AvgIpc) is 2.71. The molecule has 0 aliphatic carbocycles. The summed E-state index contributed by atoms with van der Waals surface area (Å²) >= 11 is 0. The highest BCUT2D eigenvalue weighted by Crippen LogP contribution is 2.26. The quantitative estimate of drug-likeness (QED) is 0.843. The molecule has 1 aromatic heterocycles. The van der Waals surface area contributed by atoms with Gasteiger partial charge >= 0.3 is 0 Å². The number of halogens is 1. The van der Waals surface area contributed by atoms with E-state index in [4.69, 9.17) is 10.2 Å². The van der Waals surface area contributed by atoms with Gasteiger partial charge in [-0.15, -0.1) is 0 Å². The number of benzene rings is 1. The van der Waals surface area contributed by atoms with E-state index in [1.807, 2.05) is 0 Å². The molecule has 2 N–H and O–H groups in total. The van der Waals surface area contributed by atoms with Gasteiger partial charge in [0.25, 0.3) is 5.91 Å². The molecule has 4 heteroatoms. The molecule has 2 aromatic rings. The Hall–Kier alpha value is -2.10. The Labute approximate surface area is 91.7 Å². The second-order valence-corrected chi connectivity index (χ2v) is 3.49. The van der Waals surface area contributed by atoms with Crippen molar-refractivity contribution in [1.29, 1.82) is 0 Å². The molecule has 0 saturated carbocycles. The first-order chi connectivity index (χ1) is 7.59. The van der Waals surface area contributed by atoms with Gasteiger partial charge in [0.05, 0.1) is 6.26 Å². The molecule has 0 radical (unpaired) electrons. The monoisotopic (exact) mass is 219 g/mol. The molecule has 0 fully saturated rings. The SMILES string of the molecule is Cc1cc(-c2ccoc2C(N)=O)ccc1F. The van der Waals surface area contributed by atoms with Crippen LogP contribution < -0.4 is 5.73 Å². The Morgan fingerprint density at radius 3 is 2.75 bits per heavy atom. The normalized spacial score (nSPS) is 10.4. The van der Waals surface area contributed by atoms with Gasteiger partial charge in [0.15, 0.2) is 5.76 Å². The summed E-state index contributed by atoms with van der Waals surface area (Å²) in [6, 6.07) is 6.21. The fourth-order valence-electron chi connectivity index (χ4n) is 1.54. The van der Waals surface area contributed by atoms with E-state index < -0.39 is 5.91 Å². The summed E-state index contributed by atoms with van der Waals surface area (Å²) in [5, 5.41) is 0. The number of primary amides is 1. The standard InChI is InChI=1S/C12H10FNO2/c1-7-6-8(2-3-10(7)13)9-4-5-16-11(9)12(14)15/h2-6H,1H3,(H2,14,15). The molecule has 1 amide bonds. The van der Waals surface area contributed by atoms with Crippen LogP contribution in [0.1, 0.15) is 16.1 Å². The maximum Gasteiger partial charge on any atom is 0.285 e. The van der Waals surface area contributed by atoms with E-state index >= 15 is 0 Å². The van der Waals surface area contributed by atoms with Crippen molar-refractivity contribution in [3.8, 4) is 11.1 Å². The zero-order valence-corrected chi connectivity index (χ0v) is 8.66. The molecular weight excluding hydrogens is 209 g/mol. The number of hydrogen-bond acceptors (Lipinski definition) is 2. The predicted molar refractivity (Wildman–Crippen MR) is 57.4 cm³/mol. The van der Waals surface area contributed by atoms with Crippen LogP contribution >= 0.6 is 0 Å². The summed E-state index contributed by atoms with van der Waals surface area (Å²) in [5.41, 5.74) is 6.95. The molecule has 0 spiro atoms. The Morgan fingerprint density at radius 2 is 2.12 bits per heavy atom. The van der Waals surface area contributed by atoms with E-state index in [-0.39, 0.29) is 11.6 Å². The van der Waals surface area contributed by atoms with Gasteiger partial charge in [-0.05, 0) is 36.2 Å². The van der Waals surface area contributed by atoms with Gasteiger partial charge in [0.2, 0.25) is 0 Å². The Morgan fingerprint density at radius 1 is 1.38 bits per heavy atom. The molecule has 16 heavy (non-hydrogen) atoms. The number of amides is 1. The lowest BCUT2D eigenvalue weighted by Gasteiger charge is -2.02.